The van der Waals surface area contributed by atoms with Crippen LogP contribution >= 0.6 is 24.0 Å². The van der Waals surface area contributed by atoms with Gasteiger partial charge >= 0.3 is 5.97 Å². The molecule has 7 heteroatoms. The van der Waals surface area contributed by atoms with Crippen LogP contribution in [0.25, 0.3) is 0 Å². The fourth-order valence-corrected chi connectivity index (χ4v) is 2.56. The van der Waals surface area contributed by atoms with Crippen LogP contribution in [0.1, 0.15) is 38.5 Å². The van der Waals surface area contributed by atoms with Crippen molar-refractivity contribution in [3.05, 3.63) is 24.3 Å². The summed E-state index contributed by atoms with van der Waals surface area (Å²) in [4.78, 5) is 15.9. The van der Waals surface area contributed by atoms with Crippen molar-refractivity contribution in [3.8, 4) is 5.75 Å². The van der Waals surface area contributed by atoms with Gasteiger partial charge in [-0.05, 0) is 44.2 Å². The van der Waals surface area contributed by atoms with Crippen LogP contribution in [0.5, 0.6) is 5.75 Å². The van der Waals surface area contributed by atoms with Gasteiger partial charge in [0.05, 0.1) is 7.11 Å². The Morgan fingerprint density at radius 1 is 1.38 bits per heavy atom. The Morgan fingerprint density at radius 3 is 2.83 bits per heavy atom. The summed E-state index contributed by atoms with van der Waals surface area (Å²) in [6.07, 6.45) is 5.47. The molecule has 0 heterocycles. The molecule has 1 aromatic carbocycles. The van der Waals surface area contributed by atoms with Crippen molar-refractivity contribution in [2.45, 2.75) is 44.6 Å². The highest BCUT2D eigenvalue weighted by Gasteiger charge is 2.18. The van der Waals surface area contributed by atoms with Gasteiger partial charge in [0.25, 0.3) is 0 Å². The van der Waals surface area contributed by atoms with Gasteiger partial charge in [-0.2, -0.15) is 0 Å². The van der Waals surface area contributed by atoms with Gasteiger partial charge in [-0.3, -0.25) is 9.79 Å². The summed E-state index contributed by atoms with van der Waals surface area (Å²) in [7, 11) is 1.61. The number of rotatable bonds is 7. The molecule has 1 aliphatic carbocycles. The number of guanidine groups is 1. The molecular weight excluding hydrogens is 421 g/mol. The van der Waals surface area contributed by atoms with Crippen LogP contribution in [-0.4, -0.2) is 31.7 Å². The highest BCUT2D eigenvalue weighted by molar-refractivity contribution is 14.0. The number of halogens is 1. The molecule has 1 fully saturated rings. The van der Waals surface area contributed by atoms with Crippen LogP contribution in [0.2, 0.25) is 0 Å². The lowest BCUT2D eigenvalue weighted by Gasteiger charge is -2.10. The maximum absolute atomic E-state index is 11.7. The number of esters is 1. The van der Waals surface area contributed by atoms with E-state index in [2.05, 4.69) is 10.3 Å². The van der Waals surface area contributed by atoms with Crippen molar-refractivity contribution in [3.63, 3.8) is 0 Å². The highest BCUT2D eigenvalue weighted by atomic mass is 127. The molecule has 0 aliphatic heterocycles. The quantitative estimate of drug-likeness (QED) is 0.220. The largest absolute Gasteiger partial charge is 0.497 e. The molecule has 0 spiro atoms. The van der Waals surface area contributed by atoms with E-state index < -0.39 is 0 Å². The molecule has 0 bridgehead atoms. The Balaban J connectivity index is 0.00000288. The van der Waals surface area contributed by atoms with Gasteiger partial charge in [-0.1, -0.05) is 6.07 Å². The molecule has 0 radical (unpaired) electrons. The molecular formula is C17H26IN3O3. The summed E-state index contributed by atoms with van der Waals surface area (Å²) < 4.78 is 10.5. The first-order valence-corrected chi connectivity index (χ1v) is 8.08. The Labute approximate surface area is 160 Å². The fraction of sp³-hybridized carbons (Fsp3) is 0.529. The Hall–Kier alpha value is -1.51. The second-order valence-electron chi connectivity index (χ2n) is 5.62. The maximum atomic E-state index is 11.7. The summed E-state index contributed by atoms with van der Waals surface area (Å²) >= 11 is 0. The van der Waals surface area contributed by atoms with Crippen molar-refractivity contribution in [1.29, 1.82) is 0 Å². The molecule has 0 unspecified atom stereocenters. The SMILES string of the molecule is COc1cccc(NC(N)=NCCCC(=O)OC2CCCC2)c1.I. The first-order chi connectivity index (χ1) is 11.2. The topological polar surface area (TPSA) is 85.9 Å². The van der Waals surface area contributed by atoms with Gasteiger partial charge in [0.2, 0.25) is 0 Å². The molecule has 0 aromatic heterocycles. The average Bonchev–Trinajstić information content (AvgIpc) is 3.04. The van der Waals surface area contributed by atoms with E-state index >= 15 is 0 Å². The molecule has 3 N–H and O–H groups in total. The third-order valence-electron chi connectivity index (χ3n) is 3.76. The van der Waals surface area contributed by atoms with E-state index in [0.29, 0.717) is 25.3 Å². The molecule has 1 aliphatic rings. The van der Waals surface area contributed by atoms with Gasteiger partial charge in [-0.25, -0.2) is 0 Å². The number of nitrogens with zero attached hydrogens (tertiary/aromatic N) is 1. The normalized spacial score (nSPS) is 14.8. The van der Waals surface area contributed by atoms with E-state index in [1.807, 2.05) is 24.3 Å². The van der Waals surface area contributed by atoms with Crippen LogP contribution in [0.4, 0.5) is 5.69 Å². The molecule has 0 amide bonds. The lowest BCUT2D eigenvalue weighted by atomic mass is 10.3. The predicted molar refractivity (Wildman–Crippen MR) is 106 cm³/mol. The molecule has 1 aromatic rings. The second kappa shape index (κ2) is 11.1. The van der Waals surface area contributed by atoms with Crippen molar-refractivity contribution in [1.82, 2.24) is 0 Å². The second-order valence-corrected chi connectivity index (χ2v) is 5.62. The van der Waals surface area contributed by atoms with Gasteiger partial charge in [0.1, 0.15) is 11.9 Å². The number of anilines is 1. The van der Waals surface area contributed by atoms with Crippen molar-refractivity contribution < 1.29 is 14.3 Å². The Kier molecular flexibility index (Phi) is 9.51. The van der Waals surface area contributed by atoms with Crippen molar-refractivity contribution in [2.75, 3.05) is 19.0 Å². The molecule has 24 heavy (non-hydrogen) atoms. The van der Waals surface area contributed by atoms with Crippen LogP contribution in [0.15, 0.2) is 29.3 Å². The van der Waals surface area contributed by atoms with E-state index in [9.17, 15) is 4.79 Å². The summed E-state index contributed by atoms with van der Waals surface area (Å²) in [6, 6.07) is 7.44. The fourth-order valence-electron chi connectivity index (χ4n) is 2.56. The van der Waals surface area contributed by atoms with E-state index in [-0.39, 0.29) is 36.0 Å². The monoisotopic (exact) mass is 447 g/mol. The zero-order chi connectivity index (χ0) is 16.5. The lowest BCUT2D eigenvalue weighted by molar-refractivity contribution is -0.148. The lowest BCUT2D eigenvalue weighted by Crippen LogP contribution is -2.23. The van der Waals surface area contributed by atoms with Crippen LogP contribution in [0.3, 0.4) is 0 Å². The summed E-state index contributed by atoms with van der Waals surface area (Å²) in [5.41, 5.74) is 6.64. The van der Waals surface area contributed by atoms with Crippen LogP contribution in [0, 0.1) is 0 Å². The zero-order valence-electron chi connectivity index (χ0n) is 14.0. The molecule has 0 atom stereocenters. The van der Waals surface area contributed by atoms with Gasteiger partial charge in [-0.15, -0.1) is 24.0 Å². The predicted octanol–water partition coefficient (Wildman–Crippen LogP) is 3.31. The van der Waals surface area contributed by atoms with Gasteiger partial charge in [0, 0.05) is 24.7 Å². The maximum Gasteiger partial charge on any atom is 0.306 e. The number of hydrogen-bond acceptors (Lipinski definition) is 4. The molecule has 1 saturated carbocycles. The number of methoxy groups -OCH3 is 1. The molecule has 134 valence electrons. The Bertz CT molecular complexity index is 546. The minimum atomic E-state index is -0.133. The molecule has 2 rings (SSSR count). The highest BCUT2D eigenvalue weighted by Crippen LogP contribution is 2.21. The first kappa shape index (κ1) is 20.5. The number of benzene rings is 1. The van der Waals surface area contributed by atoms with Gasteiger partial charge < -0.3 is 20.5 Å². The zero-order valence-corrected chi connectivity index (χ0v) is 16.3. The van der Waals surface area contributed by atoms with Crippen LogP contribution < -0.4 is 15.8 Å². The minimum absolute atomic E-state index is 0. The third kappa shape index (κ3) is 7.37. The van der Waals surface area contributed by atoms with Gasteiger partial charge in [0.15, 0.2) is 5.96 Å². The summed E-state index contributed by atoms with van der Waals surface area (Å²) in [6.45, 7) is 0.489. The number of hydrogen-bond donors (Lipinski definition) is 2. The standard InChI is InChI=1S/C17H25N3O3.HI/c1-22-15-9-4-6-13(12-15)20-17(18)19-11-5-10-16(21)23-14-7-2-3-8-14;/h4,6,9,12,14H,2-3,5,7-8,10-11H2,1H3,(H3,18,19,20);1H. The Morgan fingerprint density at radius 2 is 2.12 bits per heavy atom. The number of nitrogens with two attached hydrogens (primary N) is 1. The van der Waals surface area contributed by atoms with Crippen molar-refractivity contribution in [2.24, 2.45) is 10.7 Å². The smallest absolute Gasteiger partial charge is 0.306 e. The minimum Gasteiger partial charge on any atom is -0.497 e. The number of carbonyl (C=O) groups is 1. The van der Waals surface area contributed by atoms with E-state index in [1.54, 1.807) is 7.11 Å². The number of ether oxygens (including phenoxy) is 2. The third-order valence-corrected chi connectivity index (χ3v) is 3.76. The summed E-state index contributed by atoms with van der Waals surface area (Å²) in [5, 5.41) is 3.00. The van der Waals surface area contributed by atoms with E-state index in [0.717, 1.165) is 37.1 Å². The number of nitrogens with one attached hydrogen (secondary N) is 1. The number of carbonyl (C=O) groups excluding carboxylic acids is 1. The molecule has 6 nitrogen and oxygen atoms in total. The average molecular weight is 447 g/mol. The van der Waals surface area contributed by atoms with E-state index in [4.69, 9.17) is 15.2 Å². The number of aliphatic imine (C=N–C) groups is 1. The first-order valence-electron chi connectivity index (χ1n) is 8.08. The summed E-state index contributed by atoms with van der Waals surface area (Å²) in [5.74, 6) is 0.936. The van der Waals surface area contributed by atoms with Crippen molar-refractivity contribution >= 4 is 41.6 Å². The van der Waals surface area contributed by atoms with E-state index in [1.165, 1.54) is 0 Å². The van der Waals surface area contributed by atoms with Crippen LogP contribution in [-0.2, 0) is 9.53 Å². The molecule has 0 saturated heterocycles.